The number of nitrogens with zero attached hydrogens (tertiary/aromatic N) is 2. The number of carbonyl (C=O) groups excluding carboxylic acids is 1. The van der Waals surface area contributed by atoms with Gasteiger partial charge in [0.05, 0.1) is 11.9 Å². The van der Waals surface area contributed by atoms with Gasteiger partial charge in [-0.1, -0.05) is 95.3 Å². The number of Topliss-reactive ketones (excluding diaryl/α,β-unsaturated/α-hetero) is 1. The molecular formula is C38H46N4O. The zero-order valence-corrected chi connectivity index (χ0v) is 26.1. The highest BCUT2D eigenvalue weighted by Crippen LogP contribution is 2.35. The first-order valence-electron chi connectivity index (χ1n) is 16.2. The normalized spacial score (nSPS) is 16.1. The summed E-state index contributed by atoms with van der Waals surface area (Å²) in [5.74, 6) is 1.94. The highest BCUT2D eigenvalue weighted by Gasteiger charge is 2.24. The molecule has 2 aliphatic rings. The van der Waals surface area contributed by atoms with E-state index >= 15 is 0 Å². The van der Waals surface area contributed by atoms with Gasteiger partial charge in [-0.05, 0) is 77.6 Å². The summed E-state index contributed by atoms with van der Waals surface area (Å²) in [7, 11) is 0. The fourth-order valence-electron chi connectivity index (χ4n) is 6.05. The first-order valence-corrected chi connectivity index (χ1v) is 16.2. The number of unbranched alkanes of at least 4 members (excludes halogenated alkanes) is 2. The molecule has 0 spiro atoms. The Morgan fingerprint density at radius 3 is 2.42 bits per heavy atom. The molecule has 0 radical (unpaired) electrons. The number of hydrogen-bond donors (Lipinski definition) is 2. The Kier molecular flexibility index (Phi) is 10.6. The Hall–Kier alpha value is -3.99. The molecule has 43 heavy (non-hydrogen) atoms. The number of ketones is 1. The number of amidine groups is 1. The molecule has 224 valence electrons. The van der Waals surface area contributed by atoms with Crippen molar-refractivity contribution in [3.8, 4) is 11.1 Å². The van der Waals surface area contributed by atoms with Crippen LogP contribution in [0.15, 0.2) is 94.9 Å². The number of aryl methyl sites for hydroxylation is 1. The molecule has 0 amide bonds. The smallest absolute Gasteiger partial charge is 0.167 e. The van der Waals surface area contributed by atoms with Crippen molar-refractivity contribution in [3.63, 3.8) is 0 Å². The van der Waals surface area contributed by atoms with Crippen LogP contribution in [-0.2, 0) is 11.2 Å². The maximum Gasteiger partial charge on any atom is 0.167 e. The lowest BCUT2D eigenvalue weighted by Crippen LogP contribution is -2.12. The van der Waals surface area contributed by atoms with Gasteiger partial charge in [0, 0.05) is 35.9 Å². The number of nitrogens with one attached hydrogen (secondary N) is 2. The van der Waals surface area contributed by atoms with Gasteiger partial charge in [0.2, 0.25) is 0 Å². The molecule has 1 aromatic heterocycles. The fourth-order valence-corrected chi connectivity index (χ4v) is 6.05. The van der Waals surface area contributed by atoms with Gasteiger partial charge in [-0.15, -0.1) is 0 Å². The Labute approximate surface area is 257 Å². The van der Waals surface area contributed by atoms with Crippen LogP contribution in [0.5, 0.6) is 0 Å². The van der Waals surface area contributed by atoms with E-state index in [2.05, 4.69) is 84.8 Å². The number of anilines is 1. The van der Waals surface area contributed by atoms with E-state index in [0.29, 0.717) is 6.42 Å². The summed E-state index contributed by atoms with van der Waals surface area (Å²) in [5, 5.41) is 10.5. The lowest BCUT2D eigenvalue weighted by Gasteiger charge is -2.12. The van der Waals surface area contributed by atoms with Gasteiger partial charge in [0.25, 0.3) is 0 Å². The van der Waals surface area contributed by atoms with E-state index in [1.807, 2.05) is 18.3 Å². The first-order chi connectivity index (χ1) is 21.0. The second-order valence-electron chi connectivity index (χ2n) is 12.1. The third kappa shape index (κ3) is 8.10. The van der Waals surface area contributed by atoms with Gasteiger partial charge in [-0.3, -0.25) is 9.89 Å². The van der Waals surface area contributed by atoms with E-state index in [1.165, 1.54) is 44.1 Å². The molecule has 5 heteroatoms. The highest BCUT2D eigenvalue weighted by molar-refractivity contribution is 6.22. The molecule has 2 aromatic carbocycles. The Morgan fingerprint density at radius 1 is 0.930 bits per heavy atom. The molecule has 3 aromatic rings. The zero-order chi connectivity index (χ0) is 30.0. The number of benzene rings is 2. The van der Waals surface area contributed by atoms with E-state index in [0.717, 1.165) is 82.2 Å². The van der Waals surface area contributed by atoms with Crippen molar-refractivity contribution >= 4 is 22.9 Å². The third-order valence-corrected chi connectivity index (χ3v) is 8.73. The number of allylic oxidation sites excluding steroid dienone is 4. The number of fused-ring (bicyclic) bond motifs is 1. The lowest BCUT2D eigenvalue weighted by molar-refractivity contribution is -0.113. The monoisotopic (exact) mass is 574 g/mol. The summed E-state index contributed by atoms with van der Waals surface area (Å²) >= 11 is 0. The van der Waals surface area contributed by atoms with Crippen molar-refractivity contribution < 1.29 is 4.79 Å². The van der Waals surface area contributed by atoms with Crippen LogP contribution in [0.2, 0.25) is 0 Å². The summed E-state index contributed by atoms with van der Waals surface area (Å²) in [6.07, 6.45) is 19.9. The highest BCUT2D eigenvalue weighted by atomic mass is 16.1. The Morgan fingerprint density at radius 2 is 1.70 bits per heavy atom. The van der Waals surface area contributed by atoms with Crippen molar-refractivity contribution in [2.75, 3.05) is 5.32 Å². The van der Waals surface area contributed by atoms with Gasteiger partial charge in [-0.25, -0.2) is 4.99 Å². The molecule has 2 N–H and O–H groups in total. The Bertz CT molecular complexity index is 1490. The molecule has 5 nitrogen and oxygen atoms in total. The molecule has 0 saturated carbocycles. The second-order valence-corrected chi connectivity index (χ2v) is 12.1. The molecule has 2 heterocycles. The SMILES string of the molecule is CCCCC(C)CCCCc1ccc(NC2=NC3=C(CC)CC(=O)C(c4ccc(-c5cn[nH]c5)cc4)=CC3=CCC2)cc1. The second kappa shape index (κ2) is 15.0. The zero-order valence-electron chi connectivity index (χ0n) is 26.1. The number of aromatic nitrogens is 2. The molecule has 0 bridgehead atoms. The Balaban J connectivity index is 1.26. The standard InChI is InChI=1S/C38H46N4O/c1-4-6-10-27(3)11-7-8-12-28-15-21-34(22-16-28)41-37-14-9-13-32-23-35(36(43)24-29(5-2)38(32)42-37)31-19-17-30(18-20-31)33-25-39-40-26-33/h13,15-23,25-27H,4-12,14,24H2,1-3H3,(H,39,40)(H,41,42). The van der Waals surface area contributed by atoms with Crippen LogP contribution in [0, 0.1) is 5.92 Å². The average Bonchev–Trinajstić information content (AvgIpc) is 3.45. The van der Waals surface area contributed by atoms with Crippen molar-refractivity contribution in [1.82, 2.24) is 10.2 Å². The number of aliphatic imine (C=N–C) groups is 1. The van der Waals surface area contributed by atoms with Crippen molar-refractivity contribution in [2.45, 2.75) is 91.4 Å². The molecule has 1 aliphatic carbocycles. The number of H-pyrrole nitrogens is 1. The van der Waals surface area contributed by atoms with Crippen LogP contribution in [0.1, 0.15) is 96.1 Å². The summed E-state index contributed by atoms with van der Waals surface area (Å²) in [5.41, 5.74) is 9.35. The maximum absolute atomic E-state index is 13.5. The fraction of sp³-hybridized carbons (Fsp3) is 0.395. The van der Waals surface area contributed by atoms with Crippen LogP contribution in [-0.4, -0.2) is 21.8 Å². The van der Waals surface area contributed by atoms with Crippen molar-refractivity contribution in [1.29, 1.82) is 0 Å². The molecule has 0 saturated heterocycles. The van der Waals surface area contributed by atoms with Gasteiger partial charge >= 0.3 is 0 Å². The predicted molar refractivity (Wildman–Crippen MR) is 180 cm³/mol. The quantitative estimate of drug-likeness (QED) is 0.212. The van der Waals surface area contributed by atoms with E-state index in [9.17, 15) is 4.79 Å². The average molecular weight is 575 g/mol. The van der Waals surface area contributed by atoms with Gasteiger partial charge < -0.3 is 5.32 Å². The summed E-state index contributed by atoms with van der Waals surface area (Å²) in [6, 6.07) is 17.0. The first kappa shape index (κ1) is 30.5. The van der Waals surface area contributed by atoms with Gasteiger partial charge in [0.1, 0.15) is 5.84 Å². The number of carbonyl (C=O) groups is 1. The van der Waals surface area contributed by atoms with Crippen LogP contribution >= 0.6 is 0 Å². The predicted octanol–water partition coefficient (Wildman–Crippen LogP) is 9.87. The minimum Gasteiger partial charge on any atom is -0.344 e. The molecule has 1 atom stereocenters. The van der Waals surface area contributed by atoms with Crippen LogP contribution in [0.25, 0.3) is 16.7 Å². The number of rotatable bonds is 12. The molecular weight excluding hydrogens is 528 g/mol. The van der Waals surface area contributed by atoms with E-state index in [4.69, 9.17) is 4.99 Å². The third-order valence-electron chi connectivity index (χ3n) is 8.73. The van der Waals surface area contributed by atoms with Crippen molar-refractivity contribution in [3.05, 3.63) is 101 Å². The minimum absolute atomic E-state index is 0.144. The molecule has 1 unspecified atom stereocenters. The van der Waals surface area contributed by atoms with E-state index in [-0.39, 0.29) is 5.78 Å². The van der Waals surface area contributed by atoms with Gasteiger partial charge in [-0.2, -0.15) is 5.10 Å². The number of aromatic amines is 1. The summed E-state index contributed by atoms with van der Waals surface area (Å²) < 4.78 is 0. The van der Waals surface area contributed by atoms with E-state index < -0.39 is 0 Å². The summed E-state index contributed by atoms with van der Waals surface area (Å²) in [4.78, 5) is 18.6. The van der Waals surface area contributed by atoms with Gasteiger partial charge in [0.15, 0.2) is 5.78 Å². The molecule has 5 rings (SSSR count). The van der Waals surface area contributed by atoms with Crippen LogP contribution in [0.4, 0.5) is 5.69 Å². The van der Waals surface area contributed by atoms with Crippen LogP contribution < -0.4 is 5.32 Å². The number of hydrogen-bond acceptors (Lipinski definition) is 4. The van der Waals surface area contributed by atoms with E-state index in [1.54, 1.807) is 6.20 Å². The van der Waals surface area contributed by atoms with Crippen LogP contribution in [0.3, 0.4) is 0 Å². The van der Waals surface area contributed by atoms with Crippen molar-refractivity contribution in [2.24, 2.45) is 10.9 Å². The molecule has 0 fully saturated rings. The lowest BCUT2D eigenvalue weighted by atomic mass is 9.96. The topological polar surface area (TPSA) is 70.1 Å². The maximum atomic E-state index is 13.5. The summed E-state index contributed by atoms with van der Waals surface area (Å²) in [6.45, 7) is 6.80. The molecule has 1 aliphatic heterocycles. The minimum atomic E-state index is 0.144. The largest absolute Gasteiger partial charge is 0.344 e.